The number of urea groups is 1. The highest BCUT2D eigenvalue weighted by Crippen LogP contribution is 2.25. The third kappa shape index (κ3) is 5.92. The van der Waals surface area contributed by atoms with E-state index in [-0.39, 0.29) is 11.9 Å². The summed E-state index contributed by atoms with van der Waals surface area (Å²) in [6.45, 7) is 3.83. The molecule has 0 saturated heterocycles. The number of hydrogen-bond donors (Lipinski definition) is 3. The zero-order chi connectivity index (χ0) is 24.7. The van der Waals surface area contributed by atoms with Crippen LogP contribution in [0.3, 0.4) is 0 Å². The molecule has 8 heteroatoms. The van der Waals surface area contributed by atoms with Gasteiger partial charge in [-0.1, -0.05) is 36.4 Å². The first-order chi connectivity index (χ1) is 16.3. The summed E-state index contributed by atoms with van der Waals surface area (Å²) in [5.41, 5.74) is 3.38. The number of carboxylic acids is 1. The Hall–Kier alpha value is -4.33. The van der Waals surface area contributed by atoms with Crippen molar-refractivity contribution >= 4 is 29.3 Å². The molecular weight excluding hydrogens is 434 g/mol. The van der Waals surface area contributed by atoms with Gasteiger partial charge in [0.05, 0.1) is 12.3 Å². The third-order valence-corrected chi connectivity index (χ3v) is 5.30. The fourth-order valence-electron chi connectivity index (χ4n) is 3.23. The number of rotatable bonds is 8. The van der Waals surface area contributed by atoms with Crippen molar-refractivity contribution in [2.75, 3.05) is 24.3 Å². The topological polar surface area (TPSA) is 108 Å². The summed E-state index contributed by atoms with van der Waals surface area (Å²) in [6, 6.07) is 20.1. The summed E-state index contributed by atoms with van der Waals surface area (Å²) in [5.74, 6) is -0.827. The Morgan fingerprint density at radius 3 is 2.09 bits per heavy atom. The number of amides is 3. The molecule has 0 aliphatic carbocycles. The normalized spacial score (nSPS) is 11.3. The van der Waals surface area contributed by atoms with Gasteiger partial charge in [0.2, 0.25) is 0 Å². The molecule has 3 N–H and O–H groups in total. The monoisotopic (exact) mass is 461 g/mol. The highest BCUT2D eigenvalue weighted by atomic mass is 16.5. The van der Waals surface area contributed by atoms with Crippen LogP contribution in [0.1, 0.15) is 24.2 Å². The zero-order valence-corrected chi connectivity index (χ0v) is 19.2. The molecule has 34 heavy (non-hydrogen) atoms. The van der Waals surface area contributed by atoms with Gasteiger partial charge in [-0.05, 0) is 61.4 Å². The zero-order valence-electron chi connectivity index (χ0n) is 19.2. The smallest absolute Gasteiger partial charge is 0.326 e. The molecule has 0 spiro atoms. The maximum Gasteiger partial charge on any atom is 0.326 e. The fraction of sp³-hybridized carbons (Fsp3) is 0.192. The largest absolute Gasteiger partial charge is 0.492 e. The lowest BCUT2D eigenvalue weighted by atomic mass is 10.0. The highest BCUT2D eigenvalue weighted by Gasteiger charge is 2.22. The number of nitrogens with zero attached hydrogens (tertiary/aromatic N) is 1. The fourth-order valence-corrected chi connectivity index (χ4v) is 3.23. The van der Waals surface area contributed by atoms with E-state index in [0.717, 1.165) is 11.1 Å². The number of para-hydroxylation sites is 2. The van der Waals surface area contributed by atoms with Crippen LogP contribution >= 0.6 is 0 Å². The standard InChI is InChI=1S/C26H27N3O5/c1-4-34-23-8-6-5-7-22(23)28-26(33)27-21-15-13-19(14-16-21)18-9-11-20(12-10-18)24(30)29(3)17(2)25(31)32/h5-17H,4H2,1-3H3,(H,31,32)(H2,27,28,33)/t17-/m0/s1. The minimum Gasteiger partial charge on any atom is -0.492 e. The van der Waals surface area contributed by atoms with Crippen LogP contribution in [0, 0.1) is 0 Å². The van der Waals surface area contributed by atoms with Crippen molar-refractivity contribution in [3.05, 3.63) is 78.4 Å². The third-order valence-electron chi connectivity index (χ3n) is 5.30. The molecule has 3 amide bonds. The van der Waals surface area contributed by atoms with Crippen molar-refractivity contribution in [3.63, 3.8) is 0 Å². The number of aliphatic carboxylic acids is 1. The van der Waals surface area contributed by atoms with Gasteiger partial charge in [0, 0.05) is 18.3 Å². The Kier molecular flexibility index (Phi) is 7.87. The lowest BCUT2D eigenvalue weighted by Gasteiger charge is -2.21. The number of hydrogen-bond acceptors (Lipinski definition) is 4. The van der Waals surface area contributed by atoms with Crippen LogP contribution in [0.15, 0.2) is 72.8 Å². The molecule has 1 atom stereocenters. The first-order valence-electron chi connectivity index (χ1n) is 10.8. The van der Waals surface area contributed by atoms with Gasteiger partial charge in [-0.25, -0.2) is 9.59 Å². The molecule has 0 bridgehead atoms. The van der Waals surface area contributed by atoms with E-state index in [4.69, 9.17) is 9.84 Å². The van der Waals surface area contributed by atoms with E-state index in [1.165, 1.54) is 18.9 Å². The van der Waals surface area contributed by atoms with Crippen LogP contribution in [0.5, 0.6) is 5.75 Å². The summed E-state index contributed by atoms with van der Waals surface area (Å²) >= 11 is 0. The van der Waals surface area contributed by atoms with Crippen LogP contribution < -0.4 is 15.4 Å². The quantitative estimate of drug-likeness (QED) is 0.440. The molecule has 0 radical (unpaired) electrons. The molecule has 3 aromatic carbocycles. The van der Waals surface area contributed by atoms with Crippen molar-refractivity contribution in [1.82, 2.24) is 4.90 Å². The van der Waals surface area contributed by atoms with Crippen LogP contribution in [0.25, 0.3) is 11.1 Å². The summed E-state index contributed by atoms with van der Waals surface area (Å²) in [4.78, 5) is 37.2. The number of carbonyl (C=O) groups is 3. The number of ether oxygens (including phenoxy) is 1. The first-order valence-corrected chi connectivity index (χ1v) is 10.8. The van der Waals surface area contributed by atoms with Gasteiger partial charge in [-0.15, -0.1) is 0 Å². The number of anilines is 2. The van der Waals surface area contributed by atoms with E-state index >= 15 is 0 Å². The number of benzene rings is 3. The van der Waals surface area contributed by atoms with Gasteiger partial charge >= 0.3 is 12.0 Å². The molecule has 0 aliphatic heterocycles. The average molecular weight is 462 g/mol. The van der Waals surface area contributed by atoms with Gasteiger partial charge in [0.1, 0.15) is 11.8 Å². The summed E-state index contributed by atoms with van der Waals surface area (Å²) < 4.78 is 5.52. The summed E-state index contributed by atoms with van der Waals surface area (Å²) in [6.07, 6.45) is 0. The maximum absolute atomic E-state index is 12.5. The van der Waals surface area contributed by atoms with Crippen molar-refractivity contribution in [2.24, 2.45) is 0 Å². The van der Waals surface area contributed by atoms with Gasteiger partial charge in [0.15, 0.2) is 0 Å². The van der Waals surface area contributed by atoms with Crippen molar-refractivity contribution in [3.8, 4) is 16.9 Å². The molecule has 176 valence electrons. The Bertz CT molecular complexity index is 1160. The van der Waals surface area contributed by atoms with Crippen LogP contribution in [0.2, 0.25) is 0 Å². The van der Waals surface area contributed by atoms with E-state index < -0.39 is 12.0 Å². The van der Waals surface area contributed by atoms with Crippen molar-refractivity contribution < 1.29 is 24.2 Å². The molecule has 8 nitrogen and oxygen atoms in total. The summed E-state index contributed by atoms with van der Waals surface area (Å²) in [7, 11) is 1.46. The molecular formula is C26H27N3O5. The Morgan fingerprint density at radius 1 is 0.912 bits per heavy atom. The van der Waals surface area contributed by atoms with Gasteiger partial charge < -0.3 is 25.4 Å². The van der Waals surface area contributed by atoms with Gasteiger partial charge in [-0.3, -0.25) is 4.79 Å². The lowest BCUT2D eigenvalue weighted by Crippen LogP contribution is -2.40. The van der Waals surface area contributed by atoms with E-state index in [9.17, 15) is 14.4 Å². The average Bonchev–Trinajstić information content (AvgIpc) is 2.84. The molecule has 0 unspecified atom stereocenters. The van der Waals surface area contributed by atoms with Gasteiger partial charge in [0.25, 0.3) is 5.91 Å². The SMILES string of the molecule is CCOc1ccccc1NC(=O)Nc1ccc(-c2ccc(C(=O)N(C)[C@@H](C)C(=O)O)cc2)cc1. The molecule has 0 aliphatic rings. The predicted octanol–water partition coefficient (Wildman–Crippen LogP) is 4.94. The predicted molar refractivity (Wildman–Crippen MR) is 131 cm³/mol. The minimum atomic E-state index is -1.06. The minimum absolute atomic E-state index is 0.363. The number of carboxylic acid groups (broad SMARTS) is 1. The Labute approximate surface area is 198 Å². The van der Waals surface area contributed by atoms with E-state index in [2.05, 4.69) is 10.6 Å². The lowest BCUT2D eigenvalue weighted by molar-refractivity contribution is -0.141. The van der Waals surface area contributed by atoms with Gasteiger partial charge in [-0.2, -0.15) is 0 Å². The highest BCUT2D eigenvalue weighted by molar-refractivity contribution is 6.01. The van der Waals surface area contributed by atoms with Crippen molar-refractivity contribution in [1.29, 1.82) is 0 Å². The van der Waals surface area contributed by atoms with Crippen LogP contribution in [0.4, 0.5) is 16.2 Å². The Morgan fingerprint density at radius 2 is 1.50 bits per heavy atom. The number of likely N-dealkylation sites (N-methyl/N-ethyl adjacent to an activating group) is 1. The second-order valence-corrected chi connectivity index (χ2v) is 7.59. The molecule has 0 fully saturated rings. The second kappa shape index (κ2) is 11.0. The van der Waals surface area contributed by atoms with E-state index in [0.29, 0.717) is 29.3 Å². The molecule has 3 aromatic rings. The molecule has 3 rings (SSSR count). The second-order valence-electron chi connectivity index (χ2n) is 7.59. The van der Waals surface area contributed by atoms with Crippen LogP contribution in [-0.2, 0) is 4.79 Å². The molecule has 0 saturated carbocycles. The molecule has 0 aromatic heterocycles. The van der Waals surface area contributed by atoms with E-state index in [1.54, 1.807) is 48.5 Å². The molecule has 0 heterocycles. The first kappa shape index (κ1) is 24.3. The van der Waals surface area contributed by atoms with E-state index in [1.807, 2.05) is 31.2 Å². The van der Waals surface area contributed by atoms with Crippen LogP contribution in [-0.4, -0.2) is 47.6 Å². The number of nitrogens with one attached hydrogen (secondary N) is 2. The maximum atomic E-state index is 12.5. The Balaban J connectivity index is 1.64. The van der Waals surface area contributed by atoms with Crippen molar-refractivity contribution in [2.45, 2.75) is 19.9 Å². The summed E-state index contributed by atoms with van der Waals surface area (Å²) in [5, 5.41) is 14.7. The number of carbonyl (C=O) groups excluding carboxylic acids is 2.